The summed E-state index contributed by atoms with van der Waals surface area (Å²) >= 11 is 5.89. The van der Waals surface area contributed by atoms with Gasteiger partial charge in [-0.25, -0.2) is 4.98 Å². The van der Waals surface area contributed by atoms with Crippen LogP contribution in [0.15, 0.2) is 42.6 Å². The van der Waals surface area contributed by atoms with Gasteiger partial charge >= 0.3 is 0 Å². The molecule has 2 N–H and O–H groups in total. The Balaban J connectivity index is 1.45. The topological polar surface area (TPSA) is 54.0 Å². The highest BCUT2D eigenvalue weighted by molar-refractivity contribution is 6.30. The quantitative estimate of drug-likeness (QED) is 0.772. The van der Waals surface area contributed by atoms with Crippen molar-refractivity contribution in [1.82, 2.24) is 4.98 Å². The van der Waals surface area contributed by atoms with Gasteiger partial charge in [-0.05, 0) is 49.1 Å². The van der Waals surface area contributed by atoms with Gasteiger partial charge in [0.05, 0.1) is 11.9 Å². The second-order valence-electron chi connectivity index (χ2n) is 6.56. The Bertz CT molecular complexity index is 679. The van der Waals surface area contributed by atoms with E-state index in [9.17, 15) is 4.79 Å². The summed E-state index contributed by atoms with van der Waals surface area (Å²) in [6.07, 6.45) is 8.19. The fourth-order valence-electron chi connectivity index (χ4n) is 3.17. The molecule has 1 heterocycles. The number of hydrogen-bond acceptors (Lipinski definition) is 3. The molecule has 0 bridgehead atoms. The number of carbonyl (C=O) groups excluding carboxylic acids is 1. The van der Waals surface area contributed by atoms with Crippen molar-refractivity contribution in [3.8, 4) is 0 Å². The normalized spacial score (nSPS) is 14.9. The number of hydrogen-bond donors (Lipinski definition) is 2. The molecular formula is C20H24ClN3O. The van der Waals surface area contributed by atoms with E-state index < -0.39 is 0 Å². The van der Waals surface area contributed by atoms with Crippen molar-refractivity contribution in [2.45, 2.75) is 38.5 Å². The molecular weight excluding hydrogens is 334 g/mol. The van der Waals surface area contributed by atoms with Crippen LogP contribution in [0.1, 0.15) is 37.7 Å². The van der Waals surface area contributed by atoms with E-state index in [1.54, 1.807) is 6.20 Å². The molecule has 0 unspecified atom stereocenters. The lowest BCUT2D eigenvalue weighted by Crippen LogP contribution is -2.24. The van der Waals surface area contributed by atoms with Crippen LogP contribution in [0.4, 0.5) is 11.5 Å². The smallest absolute Gasteiger partial charge is 0.227 e. The zero-order valence-corrected chi connectivity index (χ0v) is 15.1. The number of anilines is 2. The van der Waals surface area contributed by atoms with Crippen LogP contribution in [0.25, 0.3) is 0 Å². The summed E-state index contributed by atoms with van der Waals surface area (Å²) in [5, 5.41) is 7.03. The van der Waals surface area contributed by atoms with Crippen molar-refractivity contribution in [1.29, 1.82) is 0 Å². The summed E-state index contributed by atoms with van der Waals surface area (Å²) in [5.74, 6) is 1.10. The Kier molecular flexibility index (Phi) is 6.29. The largest absolute Gasteiger partial charge is 0.370 e. The Hall–Kier alpha value is -2.07. The lowest BCUT2D eigenvalue weighted by Gasteiger charge is -2.20. The van der Waals surface area contributed by atoms with Crippen molar-refractivity contribution in [2.24, 2.45) is 5.92 Å². The highest BCUT2D eigenvalue weighted by Gasteiger charge is 2.20. The maximum absolute atomic E-state index is 12.2. The van der Waals surface area contributed by atoms with Gasteiger partial charge in [-0.3, -0.25) is 4.79 Å². The number of amides is 1. The zero-order valence-electron chi connectivity index (χ0n) is 14.3. The Morgan fingerprint density at radius 1 is 1.08 bits per heavy atom. The molecule has 4 nitrogen and oxygen atoms in total. The molecule has 1 aliphatic rings. The highest BCUT2D eigenvalue weighted by Crippen LogP contribution is 2.25. The molecule has 132 valence electrons. The van der Waals surface area contributed by atoms with Gasteiger partial charge in [-0.1, -0.05) is 43.0 Å². The van der Waals surface area contributed by atoms with E-state index in [0.29, 0.717) is 0 Å². The van der Waals surface area contributed by atoms with Crippen LogP contribution in [0.3, 0.4) is 0 Å². The Morgan fingerprint density at radius 3 is 2.52 bits per heavy atom. The number of nitrogens with one attached hydrogen (secondary N) is 2. The van der Waals surface area contributed by atoms with E-state index in [1.807, 2.05) is 36.4 Å². The maximum atomic E-state index is 12.2. The number of rotatable bonds is 6. The lowest BCUT2D eigenvalue weighted by atomic mass is 9.88. The minimum absolute atomic E-state index is 0.130. The average molecular weight is 358 g/mol. The molecule has 1 amide bonds. The molecule has 25 heavy (non-hydrogen) atoms. The maximum Gasteiger partial charge on any atom is 0.227 e. The van der Waals surface area contributed by atoms with Crippen molar-refractivity contribution in [3.63, 3.8) is 0 Å². The molecule has 0 spiro atoms. The summed E-state index contributed by atoms with van der Waals surface area (Å²) in [4.78, 5) is 16.6. The van der Waals surface area contributed by atoms with Crippen LogP contribution in [-0.4, -0.2) is 17.4 Å². The van der Waals surface area contributed by atoms with Crippen LogP contribution in [-0.2, 0) is 11.2 Å². The third kappa shape index (κ3) is 5.46. The molecule has 0 radical (unpaired) electrons. The molecule has 1 aromatic heterocycles. The van der Waals surface area contributed by atoms with Crippen LogP contribution in [0.2, 0.25) is 5.02 Å². The Morgan fingerprint density at radius 2 is 1.84 bits per heavy atom. The van der Waals surface area contributed by atoms with E-state index in [2.05, 4.69) is 15.6 Å². The number of halogens is 1. The van der Waals surface area contributed by atoms with Crippen molar-refractivity contribution >= 4 is 29.0 Å². The van der Waals surface area contributed by atoms with E-state index in [1.165, 1.54) is 12.0 Å². The van der Waals surface area contributed by atoms with E-state index >= 15 is 0 Å². The fourth-order valence-corrected chi connectivity index (χ4v) is 3.29. The number of aromatic nitrogens is 1. The first-order valence-corrected chi connectivity index (χ1v) is 9.34. The molecule has 0 saturated heterocycles. The zero-order chi connectivity index (χ0) is 17.5. The van der Waals surface area contributed by atoms with Crippen LogP contribution >= 0.6 is 11.6 Å². The molecule has 5 heteroatoms. The van der Waals surface area contributed by atoms with E-state index in [0.717, 1.165) is 55.2 Å². The SMILES string of the molecule is O=C(Nc1ccc(NCCc2ccc(Cl)cc2)nc1)C1CCCCC1. The second-order valence-corrected chi connectivity index (χ2v) is 7.00. The summed E-state index contributed by atoms with van der Waals surface area (Å²) in [7, 11) is 0. The van der Waals surface area contributed by atoms with Crippen LogP contribution in [0.5, 0.6) is 0 Å². The lowest BCUT2D eigenvalue weighted by molar-refractivity contribution is -0.120. The minimum Gasteiger partial charge on any atom is -0.370 e. The van der Waals surface area contributed by atoms with E-state index in [-0.39, 0.29) is 11.8 Å². The first-order valence-electron chi connectivity index (χ1n) is 8.96. The van der Waals surface area contributed by atoms with E-state index in [4.69, 9.17) is 11.6 Å². The molecule has 1 fully saturated rings. The molecule has 0 atom stereocenters. The van der Waals surface area contributed by atoms with Gasteiger partial charge in [-0.15, -0.1) is 0 Å². The standard InChI is InChI=1S/C20H24ClN3O/c21-17-8-6-15(7-9-17)12-13-22-19-11-10-18(14-23-19)24-20(25)16-4-2-1-3-5-16/h6-11,14,16H,1-5,12-13H2,(H,22,23)(H,24,25). The summed E-state index contributed by atoms with van der Waals surface area (Å²) in [5.41, 5.74) is 1.99. The Labute approximate surface area is 154 Å². The third-order valence-corrected chi connectivity index (χ3v) is 4.89. The predicted molar refractivity (Wildman–Crippen MR) is 103 cm³/mol. The monoisotopic (exact) mass is 357 g/mol. The second kappa shape index (κ2) is 8.86. The van der Waals surface area contributed by atoms with Gasteiger partial charge in [0.1, 0.15) is 5.82 Å². The summed E-state index contributed by atoms with van der Waals surface area (Å²) in [6.45, 7) is 0.794. The number of nitrogens with zero attached hydrogens (tertiary/aromatic N) is 1. The van der Waals surface area contributed by atoms with Gasteiger partial charge in [-0.2, -0.15) is 0 Å². The molecule has 0 aliphatic heterocycles. The van der Waals surface area contributed by atoms with Crippen molar-refractivity contribution < 1.29 is 4.79 Å². The van der Waals surface area contributed by atoms with Crippen LogP contribution in [0, 0.1) is 5.92 Å². The predicted octanol–water partition coefficient (Wildman–Crippen LogP) is 4.91. The average Bonchev–Trinajstić information content (AvgIpc) is 2.65. The van der Waals surface area contributed by atoms with Crippen molar-refractivity contribution in [2.75, 3.05) is 17.2 Å². The molecule has 1 aromatic carbocycles. The number of carbonyl (C=O) groups is 1. The highest BCUT2D eigenvalue weighted by atomic mass is 35.5. The van der Waals surface area contributed by atoms with Gasteiger partial charge in [0.15, 0.2) is 0 Å². The molecule has 2 aromatic rings. The minimum atomic E-state index is 0.130. The van der Waals surface area contributed by atoms with Gasteiger partial charge in [0, 0.05) is 17.5 Å². The first kappa shape index (κ1) is 17.7. The fraction of sp³-hybridized carbons (Fsp3) is 0.400. The molecule has 1 saturated carbocycles. The van der Waals surface area contributed by atoms with Gasteiger partial charge in [0.25, 0.3) is 0 Å². The third-order valence-electron chi connectivity index (χ3n) is 4.64. The summed E-state index contributed by atoms with van der Waals surface area (Å²) < 4.78 is 0. The number of pyridine rings is 1. The van der Waals surface area contributed by atoms with Crippen molar-refractivity contribution in [3.05, 3.63) is 53.2 Å². The molecule has 1 aliphatic carbocycles. The molecule has 3 rings (SSSR count). The van der Waals surface area contributed by atoms with Gasteiger partial charge in [0.2, 0.25) is 5.91 Å². The van der Waals surface area contributed by atoms with Crippen LogP contribution < -0.4 is 10.6 Å². The summed E-state index contributed by atoms with van der Waals surface area (Å²) in [6, 6.07) is 11.7. The number of benzene rings is 1. The first-order chi connectivity index (χ1) is 12.2. The van der Waals surface area contributed by atoms with Gasteiger partial charge < -0.3 is 10.6 Å².